The Morgan fingerprint density at radius 2 is 1.73 bits per heavy atom. The first-order valence-corrected chi connectivity index (χ1v) is 8.63. The number of ketones is 1. The molecule has 0 aromatic heterocycles. The molecule has 0 N–H and O–H groups in total. The summed E-state index contributed by atoms with van der Waals surface area (Å²) in [5, 5.41) is 0. The van der Waals surface area contributed by atoms with Crippen molar-refractivity contribution in [2.24, 2.45) is 0 Å². The molecule has 0 heterocycles. The first kappa shape index (κ1) is 16.6. The fraction of sp³-hybridized carbons (Fsp3) is 0.316. The topological polar surface area (TPSA) is 26.3 Å². The van der Waals surface area contributed by atoms with Gasteiger partial charge in [0.2, 0.25) is 0 Å². The predicted octanol–water partition coefficient (Wildman–Crippen LogP) is 5.15. The Balaban J connectivity index is 1.68. The molecular formula is C19H22O2S. The van der Waals surface area contributed by atoms with Crippen LogP contribution in [0, 0.1) is 6.92 Å². The predicted molar refractivity (Wildman–Crippen MR) is 93.1 cm³/mol. The van der Waals surface area contributed by atoms with Crippen LogP contribution in [0.4, 0.5) is 0 Å². The number of hydrogen-bond acceptors (Lipinski definition) is 3. The standard InChI is InChI=1S/C19H22O2S/c1-3-19(20)16-7-11-18(12-8-16)22-14-4-13-21-17-9-5-15(2)6-10-17/h5-12H,3-4,13-14H2,1-2H3. The molecule has 2 nitrogen and oxygen atoms in total. The molecule has 0 aliphatic heterocycles. The summed E-state index contributed by atoms with van der Waals surface area (Å²) in [5.74, 6) is 2.13. The molecule has 22 heavy (non-hydrogen) atoms. The highest BCUT2D eigenvalue weighted by Crippen LogP contribution is 2.20. The van der Waals surface area contributed by atoms with Gasteiger partial charge in [-0.2, -0.15) is 0 Å². The molecule has 0 atom stereocenters. The summed E-state index contributed by atoms with van der Waals surface area (Å²) in [6.45, 7) is 4.68. The van der Waals surface area contributed by atoms with E-state index in [-0.39, 0.29) is 5.78 Å². The Kier molecular flexibility index (Phi) is 6.53. The van der Waals surface area contributed by atoms with Crippen molar-refractivity contribution in [1.82, 2.24) is 0 Å². The average Bonchev–Trinajstić information content (AvgIpc) is 2.56. The summed E-state index contributed by atoms with van der Waals surface area (Å²) in [4.78, 5) is 12.8. The minimum absolute atomic E-state index is 0.197. The second-order valence-electron chi connectivity index (χ2n) is 5.16. The summed E-state index contributed by atoms with van der Waals surface area (Å²) in [6.07, 6.45) is 1.55. The van der Waals surface area contributed by atoms with Crippen molar-refractivity contribution in [3.63, 3.8) is 0 Å². The lowest BCUT2D eigenvalue weighted by Gasteiger charge is -2.06. The number of carbonyl (C=O) groups excluding carboxylic acids is 1. The van der Waals surface area contributed by atoms with Gasteiger partial charge in [-0.05, 0) is 37.6 Å². The number of hydrogen-bond donors (Lipinski definition) is 0. The van der Waals surface area contributed by atoms with Crippen LogP contribution in [0.1, 0.15) is 35.7 Å². The molecule has 0 saturated heterocycles. The lowest BCUT2D eigenvalue weighted by atomic mass is 10.1. The van der Waals surface area contributed by atoms with Crippen molar-refractivity contribution in [2.75, 3.05) is 12.4 Å². The highest BCUT2D eigenvalue weighted by molar-refractivity contribution is 7.99. The fourth-order valence-corrected chi connectivity index (χ4v) is 2.84. The van der Waals surface area contributed by atoms with E-state index in [0.29, 0.717) is 6.42 Å². The van der Waals surface area contributed by atoms with Gasteiger partial charge in [-0.1, -0.05) is 36.8 Å². The number of aryl methyl sites for hydroxylation is 1. The Bertz CT molecular complexity index is 588. The minimum atomic E-state index is 0.197. The van der Waals surface area contributed by atoms with Crippen LogP contribution in [-0.4, -0.2) is 18.1 Å². The van der Waals surface area contributed by atoms with Gasteiger partial charge in [0.25, 0.3) is 0 Å². The zero-order valence-corrected chi connectivity index (χ0v) is 14.0. The van der Waals surface area contributed by atoms with Gasteiger partial charge in [-0.25, -0.2) is 0 Å². The largest absolute Gasteiger partial charge is 0.494 e. The highest BCUT2D eigenvalue weighted by atomic mass is 32.2. The molecular weight excluding hydrogens is 292 g/mol. The minimum Gasteiger partial charge on any atom is -0.494 e. The van der Waals surface area contributed by atoms with E-state index in [9.17, 15) is 4.79 Å². The van der Waals surface area contributed by atoms with Crippen molar-refractivity contribution in [3.05, 3.63) is 59.7 Å². The third-order valence-corrected chi connectivity index (χ3v) is 4.44. The maximum absolute atomic E-state index is 11.6. The van der Waals surface area contributed by atoms with E-state index in [1.54, 1.807) is 11.8 Å². The molecule has 0 fully saturated rings. The summed E-state index contributed by atoms with van der Waals surface area (Å²) in [5.41, 5.74) is 2.04. The number of carbonyl (C=O) groups is 1. The van der Waals surface area contributed by atoms with E-state index in [1.165, 1.54) is 10.5 Å². The number of thioether (sulfide) groups is 1. The third kappa shape index (κ3) is 5.23. The van der Waals surface area contributed by atoms with Crippen LogP contribution in [0.5, 0.6) is 5.75 Å². The molecule has 0 bridgehead atoms. The van der Waals surface area contributed by atoms with Gasteiger partial charge in [0.1, 0.15) is 5.75 Å². The lowest BCUT2D eigenvalue weighted by Crippen LogP contribution is -1.98. The van der Waals surface area contributed by atoms with Crippen molar-refractivity contribution < 1.29 is 9.53 Å². The quantitative estimate of drug-likeness (QED) is 0.383. The number of ether oxygens (including phenoxy) is 1. The molecule has 0 saturated carbocycles. The van der Waals surface area contributed by atoms with Gasteiger partial charge in [0.05, 0.1) is 6.61 Å². The number of benzene rings is 2. The monoisotopic (exact) mass is 314 g/mol. The number of rotatable bonds is 8. The summed E-state index contributed by atoms with van der Waals surface area (Å²) in [6, 6.07) is 16.0. The molecule has 0 amide bonds. The SMILES string of the molecule is CCC(=O)c1ccc(SCCCOc2ccc(C)cc2)cc1. The van der Waals surface area contributed by atoms with E-state index < -0.39 is 0 Å². The first-order chi connectivity index (χ1) is 10.7. The highest BCUT2D eigenvalue weighted by Gasteiger charge is 2.02. The molecule has 2 rings (SSSR count). The summed E-state index contributed by atoms with van der Waals surface area (Å²) >= 11 is 1.79. The van der Waals surface area contributed by atoms with Crippen LogP contribution in [0.3, 0.4) is 0 Å². The zero-order valence-electron chi connectivity index (χ0n) is 13.2. The fourth-order valence-electron chi connectivity index (χ4n) is 2.01. The van der Waals surface area contributed by atoms with Crippen molar-refractivity contribution >= 4 is 17.5 Å². The Hall–Kier alpha value is -1.74. The average molecular weight is 314 g/mol. The van der Waals surface area contributed by atoms with E-state index >= 15 is 0 Å². The van der Waals surface area contributed by atoms with Gasteiger partial charge >= 0.3 is 0 Å². The molecule has 0 aliphatic rings. The molecule has 0 radical (unpaired) electrons. The maximum atomic E-state index is 11.6. The van der Waals surface area contributed by atoms with Gasteiger partial charge < -0.3 is 4.74 Å². The zero-order chi connectivity index (χ0) is 15.8. The van der Waals surface area contributed by atoms with Crippen LogP contribution >= 0.6 is 11.8 Å². The van der Waals surface area contributed by atoms with Crippen LogP contribution in [0.15, 0.2) is 53.4 Å². The second kappa shape index (κ2) is 8.64. The molecule has 116 valence electrons. The van der Waals surface area contributed by atoms with E-state index in [1.807, 2.05) is 43.3 Å². The molecule has 0 spiro atoms. The molecule has 0 unspecified atom stereocenters. The van der Waals surface area contributed by atoms with Crippen LogP contribution in [-0.2, 0) is 0 Å². The van der Waals surface area contributed by atoms with Crippen molar-refractivity contribution in [3.8, 4) is 5.75 Å². The lowest BCUT2D eigenvalue weighted by molar-refractivity contribution is 0.0988. The maximum Gasteiger partial charge on any atom is 0.162 e. The molecule has 2 aromatic rings. The Morgan fingerprint density at radius 1 is 1.05 bits per heavy atom. The van der Waals surface area contributed by atoms with Crippen LogP contribution in [0.25, 0.3) is 0 Å². The first-order valence-electron chi connectivity index (χ1n) is 7.64. The van der Waals surface area contributed by atoms with Crippen molar-refractivity contribution in [2.45, 2.75) is 31.6 Å². The summed E-state index contributed by atoms with van der Waals surface area (Å²) < 4.78 is 5.71. The van der Waals surface area contributed by atoms with Gasteiger partial charge in [-0.3, -0.25) is 4.79 Å². The smallest absolute Gasteiger partial charge is 0.162 e. The van der Waals surface area contributed by atoms with Crippen molar-refractivity contribution in [1.29, 1.82) is 0 Å². The van der Waals surface area contributed by atoms with E-state index in [4.69, 9.17) is 4.74 Å². The normalized spacial score (nSPS) is 10.5. The van der Waals surface area contributed by atoms with Gasteiger partial charge in [0, 0.05) is 22.6 Å². The van der Waals surface area contributed by atoms with Crippen LogP contribution < -0.4 is 4.74 Å². The molecule has 3 heteroatoms. The third-order valence-electron chi connectivity index (χ3n) is 3.34. The second-order valence-corrected chi connectivity index (χ2v) is 6.33. The summed E-state index contributed by atoms with van der Waals surface area (Å²) in [7, 11) is 0. The number of Topliss-reactive ketones (excluding diaryl/α,β-unsaturated/α-hetero) is 1. The van der Waals surface area contributed by atoms with E-state index in [0.717, 1.165) is 30.1 Å². The van der Waals surface area contributed by atoms with E-state index in [2.05, 4.69) is 19.1 Å². The van der Waals surface area contributed by atoms with Gasteiger partial charge in [-0.15, -0.1) is 11.8 Å². The Labute approximate surface area is 136 Å². The molecule has 2 aromatic carbocycles. The Morgan fingerprint density at radius 3 is 2.36 bits per heavy atom. The van der Waals surface area contributed by atoms with Crippen LogP contribution in [0.2, 0.25) is 0 Å². The van der Waals surface area contributed by atoms with Gasteiger partial charge in [0.15, 0.2) is 5.78 Å². The molecule has 0 aliphatic carbocycles.